The number of halogens is 1. The third-order valence-electron chi connectivity index (χ3n) is 1.63. The molecule has 4 heteroatoms. The van der Waals surface area contributed by atoms with Crippen molar-refractivity contribution in [2.45, 2.75) is 32.1 Å². The molecule has 0 aromatic heterocycles. The molecular weight excluding hydrogens is 252 g/mol. The highest BCUT2D eigenvalue weighted by molar-refractivity contribution is 9.09. The topological polar surface area (TPSA) is 37.3 Å². The van der Waals surface area contributed by atoms with Crippen molar-refractivity contribution in [2.75, 3.05) is 16.8 Å². The van der Waals surface area contributed by atoms with Gasteiger partial charge in [0.1, 0.15) is 0 Å². The van der Waals surface area contributed by atoms with Gasteiger partial charge in [0.05, 0.1) is 6.42 Å². The number of alkyl halides is 1. The third-order valence-corrected chi connectivity index (χ3v) is 3.26. The van der Waals surface area contributed by atoms with E-state index in [1.807, 2.05) is 0 Å². The summed E-state index contributed by atoms with van der Waals surface area (Å²) in [5.74, 6) is 1.18. The Morgan fingerprint density at radius 2 is 1.85 bits per heavy atom. The Bertz CT molecular complexity index is 131. The summed E-state index contributed by atoms with van der Waals surface area (Å²) >= 11 is 5.14. The lowest BCUT2D eigenvalue weighted by Gasteiger charge is -1.99. The standard InChI is InChI=1S/C9H17BrO2S/c10-6-3-1-2-4-7-13-8-5-9(11)12/h1-8H2,(H,11,12). The Morgan fingerprint density at radius 3 is 2.46 bits per heavy atom. The van der Waals surface area contributed by atoms with Crippen LogP contribution in [0.25, 0.3) is 0 Å². The predicted octanol–water partition coefficient (Wildman–Crippen LogP) is 3.15. The predicted molar refractivity (Wildman–Crippen MR) is 61.8 cm³/mol. The van der Waals surface area contributed by atoms with E-state index < -0.39 is 5.97 Å². The second kappa shape index (κ2) is 10.4. The Kier molecular flexibility index (Phi) is 10.6. The SMILES string of the molecule is O=C(O)CCSCCCCCCBr. The van der Waals surface area contributed by atoms with Crippen molar-refractivity contribution in [3.63, 3.8) is 0 Å². The minimum Gasteiger partial charge on any atom is -0.481 e. The Morgan fingerprint density at radius 1 is 1.15 bits per heavy atom. The van der Waals surface area contributed by atoms with Gasteiger partial charge in [0.25, 0.3) is 0 Å². The number of unbranched alkanes of at least 4 members (excludes halogenated alkanes) is 3. The average Bonchev–Trinajstić information content (AvgIpc) is 2.09. The molecule has 0 rings (SSSR count). The van der Waals surface area contributed by atoms with Crippen molar-refractivity contribution in [3.8, 4) is 0 Å². The molecule has 0 radical (unpaired) electrons. The van der Waals surface area contributed by atoms with Crippen molar-refractivity contribution < 1.29 is 9.90 Å². The van der Waals surface area contributed by atoms with Gasteiger partial charge in [-0.25, -0.2) is 0 Å². The molecular formula is C9H17BrO2S. The number of thioether (sulfide) groups is 1. The molecule has 2 nitrogen and oxygen atoms in total. The maximum absolute atomic E-state index is 10.2. The van der Waals surface area contributed by atoms with Gasteiger partial charge in [-0.1, -0.05) is 28.8 Å². The summed E-state index contributed by atoms with van der Waals surface area (Å²) < 4.78 is 0. The fourth-order valence-electron chi connectivity index (χ4n) is 0.914. The van der Waals surface area contributed by atoms with Crippen molar-refractivity contribution in [3.05, 3.63) is 0 Å². The van der Waals surface area contributed by atoms with Crippen LogP contribution in [0, 0.1) is 0 Å². The Hall–Kier alpha value is 0.300. The van der Waals surface area contributed by atoms with Gasteiger partial charge in [0.2, 0.25) is 0 Å². The second-order valence-corrected chi connectivity index (χ2v) is 4.88. The van der Waals surface area contributed by atoms with E-state index in [9.17, 15) is 4.79 Å². The van der Waals surface area contributed by atoms with E-state index in [1.165, 1.54) is 25.7 Å². The Labute approximate surface area is 92.6 Å². The maximum Gasteiger partial charge on any atom is 0.304 e. The van der Waals surface area contributed by atoms with Crippen molar-refractivity contribution >= 4 is 33.7 Å². The third kappa shape index (κ3) is 12.3. The first-order chi connectivity index (χ1) is 6.27. The number of rotatable bonds is 9. The van der Waals surface area contributed by atoms with Gasteiger partial charge in [-0.05, 0) is 18.6 Å². The monoisotopic (exact) mass is 268 g/mol. The number of hydrogen-bond acceptors (Lipinski definition) is 2. The lowest BCUT2D eigenvalue weighted by molar-refractivity contribution is -0.136. The molecule has 0 bridgehead atoms. The van der Waals surface area contributed by atoms with E-state index in [-0.39, 0.29) is 0 Å². The molecule has 0 aliphatic heterocycles. The van der Waals surface area contributed by atoms with Crippen LogP contribution in [0.2, 0.25) is 0 Å². The van der Waals surface area contributed by atoms with Crippen LogP contribution in [0.4, 0.5) is 0 Å². The number of aliphatic carboxylic acids is 1. The number of hydrogen-bond donors (Lipinski definition) is 1. The first-order valence-corrected chi connectivity index (χ1v) is 6.90. The van der Waals surface area contributed by atoms with Crippen LogP contribution in [-0.4, -0.2) is 27.9 Å². The molecule has 0 heterocycles. The normalized spacial score (nSPS) is 10.2. The van der Waals surface area contributed by atoms with Crippen LogP contribution in [0.3, 0.4) is 0 Å². The molecule has 0 amide bonds. The highest BCUT2D eigenvalue weighted by atomic mass is 79.9. The summed E-state index contributed by atoms with van der Waals surface area (Å²) in [4.78, 5) is 10.2. The molecule has 0 atom stereocenters. The number of carbonyl (C=O) groups is 1. The van der Waals surface area contributed by atoms with Gasteiger partial charge in [-0.2, -0.15) is 11.8 Å². The quantitative estimate of drug-likeness (QED) is 0.516. The van der Waals surface area contributed by atoms with Crippen LogP contribution in [-0.2, 0) is 4.79 Å². The lowest BCUT2D eigenvalue weighted by Crippen LogP contribution is -1.96. The molecule has 0 aliphatic carbocycles. The van der Waals surface area contributed by atoms with Gasteiger partial charge in [0, 0.05) is 11.1 Å². The zero-order valence-electron chi connectivity index (χ0n) is 7.80. The molecule has 0 aromatic carbocycles. The zero-order valence-corrected chi connectivity index (χ0v) is 10.2. The maximum atomic E-state index is 10.2. The number of carboxylic acids is 1. The van der Waals surface area contributed by atoms with E-state index >= 15 is 0 Å². The highest BCUT2D eigenvalue weighted by Gasteiger charge is 1.96. The van der Waals surface area contributed by atoms with Crippen LogP contribution in [0.5, 0.6) is 0 Å². The summed E-state index contributed by atoms with van der Waals surface area (Å²) in [6.45, 7) is 0. The van der Waals surface area contributed by atoms with E-state index in [1.54, 1.807) is 11.8 Å². The molecule has 1 N–H and O–H groups in total. The van der Waals surface area contributed by atoms with Gasteiger partial charge in [-0.15, -0.1) is 0 Å². The fourth-order valence-corrected chi connectivity index (χ4v) is 2.24. The van der Waals surface area contributed by atoms with Gasteiger partial charge < -0.3 is 5.11 Å². The van der Waals surface area contributed by atoms with Crippen molar-refractivity contribution in [1.29, 1.82) is 0 Å². The fraction of sp³-hybridized carbons (Fsp3) is 0.889. The molecule has 0 aromatic rings. The number of carboxylic acid groups (broad SMARTS) is 1. The minimum atomic E-state index is -0.688. The molecule has 0 fully saturated rings. The highest BCUT2D eigenvalue weighted by Crippen LogP contribution is 2.09. The summed E-state index contributed by atoms with van der Waals surface area (Å²) in [5, 5.41) is 9.46. The molecule has 0 saturated heterocycles. The van der Waals surface area contributed by atoms with Crippen LogP contribution in [0.1, 0.15) is 32.1 Å². The van der Waals surface area contributed by atoms with E-state index in [4.69, 9.17) is 5.11 Å². The lowest BCUT2D eigenvalue weighted by atomic mass is 10.2. The van der Waals surface area contributed by atoms with Crippen LogP contribution < -0.4 is 0 Å². The van der Waals surface area contributed by atoms with E-state index in [2.05, 4.69) is 15.9 Å². The molecule has 0 unspecified atom stereocenters. The largest absolute Gasteiger partial charge is 0.481 e. The summed E-state index contributed by atoms with van der Waals surface area (Å²) in [7, 11) is 0. The minimum absolute atomic E-state index is 0.298. The first-order valence-electron chi connectivity index (χ1n) is 4.63. The summed E-state index contributed by atoms with van der Waals surface area (Å²) in [6.07, 6.45) is 5.32. The van der Waals surface area contributed by atoms with E-state index in [0.717, 1.165) is 16.8 Å². The Balaban J connectivity index is 2.87. The van der Waals surface area contributed by atoms with Crippen LogP contribution >= 0.6 is 27.7 Å². The van der Waals surface area contributed by atoms with E-state index in [0.29, 0.717) is 6.42 Å². The molecule has 0 aliphatic rings. The summed E-state index contributed by atoms with van der Waals surface area (Å²) in [6, 6.07) is 0. The average molecular weight is 269 g/mol. The van der Waals surface area contributed by atoms with Gasteiger partial charge >= 0.3 is 5.97 Å². The van der Waals surface area contributed by atoms with Gasteiger partial charge in [-0.3, -0.25) is 4.79 Å². The van der Waals surface area contributed by atoms with Gasteiger partial charge in [0.15, 0.2) is 0 Å². The van der Waals surface area contributed by atoms with Crippen LogP contribution in [0.15, 0.2) is 0 Å². The van der Waals surface area contributed by atoms with Crippen molar-refractivity contribution in [2.24, 2.45) is 0 Å². The molecule has 78 valence electrons. The van der Waals surface area contributed by atoms with Crippen molar-refractivity contribution in [1.82, 2.24) is 0 Å². The zero-order chi connectivity index (χ0) is 9.94. The molecule has 0 saturated carbocycles. The molecule has 13 heavy (non-hydrogen) atoms. The second-order valence-electron chi connectivity index (χ2n) is 2.86. The smallest absolute Gasteiger partial charge is 0.304 e. The molecule has 0 spiro atoms. The summed E-state index contributed by atoms with van der Waals surface area (Å²) in [5.41, 5.74) is 0. The first kappa shape index (κ1) is 13.3.